The Balaban J connectivity index is 0.000000229. The van der Waals surface area contributed by atoms with Crippen molar-refractivity contribution < 1.29 is 4.74 Å². The molecule has 0 aliphatic carbocycles. The van der Waals surface area contributed by atoms with Crippen molar-refractivity contribution in [3.05, 3.63) is 47.1 Å². The zero-order valence-corrected chi connectivity index (χ0v) is 15.4. The van der Waals surface area contributed by atoms with Crippen molar-refractivity contribution in [2.75, 3.05) is 45.1 Å². The lowest BCUT2D eigenvalue weighted by atomic mass is 10.2. The van der Waals surface area contributed by atoms with Crippen LogP contribution in [0, 0.1) is 0 Å². The van der Waals surface area contributed by atoms with E-state index in [0.717, 1.165) is 24.7 Å². The number of hydrogen-bond donors (Lipinski definition) is 0. The lowest BCUT2D eigenvalue weighted by Crippen LogP contribution is -2.45. The first-order valence-electron chi connectivity index (χ1n) is 8.67. The highest BCUT2D eigenvalue weighted by Crippen LogP contribution is 2.13. The molecule has 0 N–H and O–H groups in total. The Morgan fingerprint density at radius 3 is 2.26 bits per heavy atom. The first kappa shape index (κ1) is 18.4. The van der Waals surface area contributed by atoms with Crippen LogP contribution in [0.3, 0.4) is 0 Å². The van der Waals surface area contributed by atoms with Gasteiger partial charge >= 0.3 is 0 Å². The molecule has 0 radical (unpaired) electrons. The number of allylic oxidation sites excluding steroid dienone is 1. The van der Waals surface area contributed by atoms with E-state index >= 15 is 0 Å². The number of thioether (sulfide) groups is 1. The number of hydrogen-bond acceptors (Lipinski definition) is 4. The van der Waals surface area contributed by atoms with E-state index in [2.05, 4.69) is 47.1 Å². The van der Waals surface area contributed by atoms with Crippen LogP contribution in [0.5, 0.6) is 0 Å². The Morgan fingerprint density at radius 2 is 1.74 bits per heavy atom. The van der Waals surface area contributed by atoms with Crippen molar-refractivity contribution in [1.82, 2.24) is 9.80 Å². The summed E-state index contributed by atoms with van der Waals surface area (Å²) in [7, 11) is 0. The fourth-order valence-electron chi connectivity index (χ4n) is 2.79. The van der Waals surface area contributed by atoms with Crippen molar-refractivity contribution in [3.63, 3.8) is 0 Å². The number of rotatable bonds is 4. The molecule has 1 fully saturated rings. The Bertz CT molecular complexity index is 456. The van der Waals surface area contributed by atoms with Gasteiger partial charge in [-0.15, -0.1) is 11.8 Å². The van der Waals surface area contributed by atoms with Crippen molar-refractivity contribution in [2.24, 2.45) is 0 Å². The minimum absolute atomic E-state index is 0.882. The minimum atomic E-state index is 0.882. The lowest BCUT2D eigenvalue weighted by Gasteiger charge is -2.34. The van der Waals surface area contributed by atoms with Gasteiger partial charge in [-0.05, 0) is 25.5 Å². The van der Waals surface area contributed by atoms with E-state index < -0.39 is 0 Å². The maximum Gasteiger partial charge on any atom is 0.0992 e. The zero-order chi connectivity index (χ0) is 16.3. The highest BCUT2D eigenvalue weighted by Gasteiger charge is 2.15. The monoisotopic (exact) mass is 334 g/mol. The molecule has 1 aromatic carbocycles. The molecule has 2 aliphatic rings. The largest absolute Gasteiger partial charge is 0.497 e. The summed E-state index contributed by atoms with van der Waals surface area (Å²) in [6, 6.07) is 10.8. The fourth-order valence-corrected chi connectivity index (χ4v) is 3.39. The van der Waals surface area contributed by atoms with E-state index in [4.69, 9.17) is 4.74 Å². The molecular weight excluding hydrogens is 304 g/mol. The van der Waals surface area contributed by atoms with E-state index in [1.807, 2.05) is 24.1 Å². The third kappa shape index (κ3) is 7.42. The van der Waals surface area contributed by atoms with Crippen molar-refractivity contribution in [3.8, 4) is 0 Å². The van der Waals surface area contributed by atoms with Gasteiger partial charge in [0.2, 0.25) is 0 Å². The Morgan fingerprint density at radius 1 is 1.04 bits per heavy atom. The topological polar surface area (TPSA) is 15.7 Å². The van der Waals surface area contributed by atoms with Gasteiger partial charge in [-0.3, -0.25) is 4.90 Å². The van der Waals surface area contributed by atoms with Crippen LogP contribution in [0.25, 0.3) is 0 Å². The molecule has 2 aliphatic heterocycles. The van der Waals surface area contributed by atoms with Crippen LogP contribution in [-0.2, 0) is 11.3 Å². The number of ether oxygens (including phenoxy) is 1. The van der Waals surface area contributed by atoms with Gasteiger partial charge in [0.15, 0.2) is 0 Å². The van der Waals surface area contributed by atoms with E-state index in [-0.39, 0.29) is 0 Å². The molecule has 128 valence electrons. The fraction of sp³-hybridized carbons (Fsp3) is 0.579. The van der Waals surface area contributed by atoms with Crippen LogP contribution in [-0.4, -0.2) is 54.9 Å². The molecule has 0 saturated carbocycles. The second-order valence-electron chi connectivity index (χ2n) is 6.05. The standard InChI is InChI=1S/C14H22N2.C5H8OS/c1-2-8-15-9-11-16(12-10-15)13-14-6-4-3-5-7-14;1-5-4-7-3-2-6-5/h3-7H,2,8-13H2,1H3;4H,2-3H2,1H3. The maximum absolute atomic E-state index is 5.12. The summed E-state index contributed by atoms with van der Waals surface area (Å²) in [6.07, 6.45) is 1.28. The van der Waals surface area contributed by atoms with Crippen molar-refractivity contribution in [1.29, 1.82) is 0 Å². The molecule has 1 saturated heterocycles. The lowest BCUT2D eigenvalue weighted by molar-refractivity contribution is 0.127. The zero-order valence-electron chi connectivity index (χ0n) is 14.5. The molecule has 4 heteroatoms. The molecule has 1 aromatic rings. The summed E-state index contributed by atoms with van der Waals surface area (Å²) in [5.74, 6) is 2.16. The second-order valence-corrected chi connectivity index (χ2v) is 7.03. The van der Waals surface area contributed by atoms with Gasteiger partial charge < -0.3 is 9.64 Å². The molecule has 0 spiro atoms. The Hall–Kier alpha value is -0.970. The van der Waals surface area contributed by atoms with E-state index in [1.165, 1.54) is 44.7 Å². The van der Waals surface area contributed by atoms with Gasteiger partial charge in [-0.25, -0.2) is 0 Å². The summed E-state index contributed by atoms with van der Waals surface area (Å²) < 4.78 is 5.12. The van der Waals surface area contributed by atoms with Crippen LogP contribution in [0.2, 0.25) is 0 Å². The first-order chi connectivity index (χ1) is 11.3. The molecule has 23 heavy (non-hydrogen) atoms. The highest BCUT2D eigenvalue weighted by molar-refractivity contribution is 8.02. The molecular formula is C19H30N2OS. The SMILES string of the molecule is CC1=CSCCO1.CCCN1CCN(Cc2ccccc2)CC1. The summed E-state index contributed by atoms with van der Waals surface area (Å²) in [4.78, 5) is 5.13. The van der Waals surface area contributed by atoms with E-state index in [9.17, 15) is 0 Å². The predicted molar refractivity (Wildman–Crippen MR) is 101 cm³/mol. The third-order valence-corrected chi connectivity index (χ3v) is 4.93. The van der Waals surface area contributed by atoms with Gasteiger partial charge in [0, 0.05) is 43.9 Å². The van der Waals surface area contributed by atoms with Gasteiger partial charge in [0.1, 0.15) is 0 Å². The number of benzene rings is 1. The second kappa shape index (κ2) is 10.7. The van der Waals surface area contributed by atoms with Crippen LogP contribution in [0.15, 0.2) is 41.5 Å². The average molecular weight is 335 g/mol. The van der Waals surface area contributed by atoms with Gasteiger partial charge in [-0.1, -0.05) is 37.3 Å². The molecule has 2 heterocycles. The normalized spacial score (nSPS) is 19.3. The van der Waals surface area contributed by atoms with Crippen LogP contribution in [0.4, 0.5) is 0 Å². The summed E-state index contributed by atoms with van der Waals surface area (Å²) in [6.45, 7) is 12.4. The molecule has 3 rings (SSSR count). The van der Waals surface area contributed by atoms with Gasteiger partial charge in [0.25, 0.3) is 0 Å². The van der Waals surface area contributed by atoms with Crippen molar-refractivity contribution >= 4 is 11.8 Å². The van der Waals surface area contributed by atoms with Crippen LogP contribution >= 0.6 is 11.8 Å². The molecule has 0 aromatic heterocycles. The highest BCUT2D eigenvalue weighted by atomic mass is 32.2. The van der Waals surface area contributed by atoms with Crippen molar-refractivity contribution in [2.45, 2.75) is 26.8 Å². The first-order valence-corrected chi connectivity index (χ1v) is 9.72. The van der Waals surface area contributed by atoms with E-state index in [0.29, 0.717) is 0 Å². The Kier molecular flexibility index (Phi) is 8.58. The van der Waals surface area contributed by atoms with Crippen LogP contribution in [0.1, 0.15) is 25.8 Å². The summed E-state index contributed by atoms with van der Waals surface area (Å²) >= 11 is 1.82. The number of piperazine rings is 1. The average Bonchev–Trinajstić information content (AvgIpc) is 2.59. The maximum atomic E-state index is 5.12. The molecule has 0 unspecified atom stereocenters. The molecule has 0 atom stereocenters. The van der Waals surface area contributed by atoms with Gasteiger partial charge in [-0.2, -0.15) is 0 Å². The molecule has 3 nitrogen and oxygen atoms in total. The van der Waals surface area contributed by atoms with Gasteiger partial charge in [0.05, 0.1) is 12.4 Å². The predicted octanol–water partition coefficient (Wildman–Crippen LogP) is 3.83. The molecule has 0 amide bonds. The van der Waals surface area contributed by atoms with Crippen LogP contribution < -0.4 is 0 Å². The smallest absolute Gasteiger partial charge is 0.0992 e. The minimum Gasteiger partial charge on any atom is -0.497 e. The quantitative estimate of drug-likeness (QED) is 0.831. The summed E-state index contributed by atoms with van der Waals surface area (Å²) in [5.41, 5.74) is 1.44. The molecule has 0 bridgehead atoms. The third-order valence-electron chi connectivity index (χ3n) is 4.03. The number of nitrogens with zero attached hydrogens (tertiary/aromatic N) is 2. The van der Waals surface area contributed by atoms with E-state index in [1.54, 1.807) is 0 Å². The Labute approximate surface area is 145 Å². The summed E-state index contributed by atoms with van der Waals surface area (Å²) in [5, 5.41) is 2.05.